The van der Waals surface area contributed by atoms with Crippen molar-refractivity contribution in [2.24, 2.45) is 0 Å². The van der Waals surface area contributed by atoms with Crippen LogP contribution in [0.15, 0.2) is 16.5 Å². The maximum Gasteiger partial charge on any atom is 0.134 e. The second kappa shape index (κ2) is 6.90. The standard InChI is InChI=1S/C14H22FNO2/c1-12-5-6-13(18-12)14-11-16(9-10-17-14)8-4-2-3-7-15/h5-6,14H,2-4,7-11H2,1H3/t14-/m0/s1. The molecule has 0 spiro atoms. The van der Waals surface area contributed by atoms with Gasteiger partial charge in [-0.3, -0.25) is 9.29 Å². The van der Waals surface area contributed by atoms with Crippen LogP contribution in [-0.4, -0.2) is 37.8 Å². The van der Waals surface area contributed by atoms with Crippen LogP contribution in [0, 0.1) is 6.92 Å². The van der Waals surface area contributed by atoms with Crippen LogP contribution < -0.4 is 0 Å². The van der Waals surface area contributed by atoms with Gasteiger partial charge in [0, 0.05) is 13.1 Å². The third-order valence-corrected chi connectivity index (χ3v) is 3.34. The fourth-order valence-corrected chi connectivity index (χ4v) is 2.31. The van der Waals surface area contributed by atoms with Crippen LogP contribution in [-0.2, 0) is 4.74 Å². The summed E-state index contributed by atoms with van der Waals surface area (Å²) >= 11 is 0. The minimum absolute atomic E-state index is 0.0497. The first-order valence-corrected chi connectivity index (χ1v) is 6.76. The number of furan rings is 1. The highest BCUT2D eigenvalue weighted by molar-refractivity contribution is 5.09. The first-order chi connectivity index (χ1) is 8.79. The molecule has 1 fully saturated rings. The average molecular weight is 255 g/mol. The number of hydrogen-bond acceptors (Lipinski definition) is 3. The third-order valence-electron chi connectivity index (χ3n) is 3.34. The summed E-state index contributed by atoms with van der Waals surface area (Å²) in [5, 5.41) is 0. The summed E-state index contributed by atoms with van der Waals surface area (Å²) in [6.07, 6.45) is 2.77. The highest BCUT2D eigenvalue weighted by atomic mass is 19.1. The van der Waals surface area contributed by atoms with E-state index in [1.807, 2.05) is 19.1 Å². The van der Waals surface area contributed by atoms with Gasteiger partial charge in [-0.2, -0.15) is 0 Å². The van der Waals surface area contributed by atoms with Crippen LogP contribution in [0.4, 0.5) is 4.39 Å². The lowest BCUT2D eigenvalue weighted by atomic mass is 10.2. The predicted molar refractivity (Wildman–Crippen MR) is 68.4 cm³/mol. The summed E-state index contributed by atoms with van der Waals surface area (Å²) in [4.78, 5) is 2.38. The van der Waals surface area contributed by atoms with Gasteiger partial charge in [-0.05, 0) is 44.9 Å². The number of ether oxygens (including phenoxy) is 1. The van der Waals surface area contributed by atoms with E-state index in [1.54, 1.807) is 0 Å². The van der Waals surface area contributed by atoms with E-state index in [4.69, 9.17) is 9.15 Å². The van der Waals surface area contributed by atoms with E-state index in [1.165, 1.54) is 0 Å². The van der Waals surface area contributed by atoms with Crippen molar-refractivity contribution < 1.29 is 13.5 Å². The number of alkyl halides is 1. The van der Waals surface area contributed by atoms with Crippen molar-refractivity contribution >= 4 is 0 Å². The third kappa shape index (κ3) is 3.82. The van der Waals surface area contributed by atoms with Crippen LogP contribution in [0.3, 0.4) is 0 Å². The molecule has 0 N–H and O–H groups in total. The summed E-state index contributed by atoms with van der Waals surface area (Å²) < 4.78 is 23.4. The monoisotopic (exact) mass is 255 g/mol. The molecule has 2 rings (SSSR count). The van der Waals surface area contributed by atoms with Crippen LogP contribution in [0.25, 0.3) is 0 Å². The zero-order chi connectivity index (χ0) is 12.8. The van der Waals surface area contributed by atoms with E-state index in [0.29, 0.717) is 6.42 Å². The summed E-state index contributed by atoms with van der Waals surface area (Å²) in [5.41, 5.74) is 0. The SMILES string of the molecule is Cc1ccc([C@@H]2CN(CCCCCF)CCO2)o1. The Kier molecular flexibility index (Phi) is 5.20. The summed E-state index contributed by atoms with van der Waals surface area (Å²) in [6.45, 7) is 5.36. The molecule has 18 heavy (non-hydrogen) atoms. The Labute approximate surface area is 108 Å². The molecule has 0 aliphatic carbocycles. The van der Waals surface area contributed by atoms with Gasteiger partial charge in [0.2, 0.25) is 0 Å². The minimum Gasteiger partial charge on any atom is -0.464 e. The fourth-order valence-electron chi connectivity index (χ4n) is 2.31. The second-order valence-electron chi connectivity index (χ2n) is 4.86. The first-order valence-electron chi connectivity index (χ1n) is 6.76. The lowest BCUT2D eigenvalue weighted by Crippen LogP contribution is -2.38. The van der Waals surface area contributed by atoms with Gasteiger partial charge in [0.05, 0.1) is 13.3 Å². The van der Waals surface area contributed by atoms with Crippen LogP contribution >= 0.6 is 0 Å². The lowest BCUT2D eigenvalue weighted by molar-refractivity contribution is -0.0406. The molecule has 0 unspecified atom stereocenters. The smallest absolute Gasteiger partial charge is 0.134 e. The Morgan fingerprint density at radius 3 is 2.94 bits per heavy atom. The van der Waals surface area contributed by atoms with Crippen molar-refractivity contribution in [1.29, 1.82) is 0 Å². The molecule has 1 atom stereocenters. The quantitative estimate of drug-likeness (QED) is 0.730. The van der Waals surface area contributed by atoms with Gasteiger partial charge >= 0.3 is 0 Å². The number of aryl methyl sites for hydroxylation is 1. The molecule has 102 valence electrons. The highest BCUT2D eigenvalue weighted by Gasteiger charge is 2.23. The Morgan fingerprint density at radius 2 is 2.22 bits per heavy atom. The van der Waals surface area contributed by atoms with E-state index in [-0.39, 0.29) is 12.8 Å². The van der Waals surface area contributed by atoms with Crippen molar-refractivity contribution in [3.05, 3.63) is 23.7 Å². The van der Waals surface area contributed by atoms with Crippen molar-refractivity contribution in [2.75, 3.05) is 32.9 Å². The molecule has 2 heterocycles. The first kappa shape index (κ1) is 13.6. The molecule has 1 saturated heterocycles. The number of rotatable bonds is 6. The van der Waals surface area contributed by atoms with Gasteiger partial charge in [0.15, 0.2) is 0 Å². The maximum atomic E-state index is 12.0. The van der Waals surface area contributed by atoms with Crippen LogP contribution in [0.5, 0.6) is 0 Å². The van der Waals surface area contributed by atoms with Crippen molar-refractivity contribution in [3.63, 3.8) is 0 Å². The van der Waals surface area contributed by atoms with E-state index in [9.17, 15) is 4.39 Å². The number of unbranched alkanes of at least 4 members (excludes halogenated alkanes) is 2. The van der Waals surface area contributed by atoms with Gasteiger partial charge in [0.25, 0.3) is 0 Å². The molecule has 4 heteroatoms. The summed E-state index contributed by atoms with van der Waals surface area (Å²) in [7, 11) is 0. The van der Waals surface area contributed by atoms with E-state index >= 15 is 0 Å². The zero-order valence-corrected chi connectivity index (χ0v) is 11.0. The molecular formula is C14H22FNO2. The average Bonchev–Trinajstić information content (AvgIpc) is 2.82. The number of nitrogens with zero attached hydrogens (tertiary/aromatic N) is 1. The molecular weight excluding hydrogens is 233 g/mol. The zero-order valence-electron chi connectivity index (χ0n) is 11.0. The van der Waals surface area contributed by atoms with Gasteiger partial charge in [-0.1, -0.05) is 0 Å². The second-order valence-corrected chi connectivity index (χ2v) is 4.86. The summed E-state index contributed by atoms with van der Waals surface area (Å²) in [5.74, 6) is 1.84. The Morgan fingerprint density at radius 1 is 1.33 bits per heavy atom. The number of hydrogen-bond donors (Lipinski definition) is 0. The topological polar surface area (TPSA) is 25.6 Å². The predicted octanol–water partition coefficient (Wildman–Crippen LogP) is 3.10. The van der Waals surface area contributed by atoms with Crippen LogP contribution in [0.2, 0.25) is 0 Å². The Balaban J connectivity index is 1.77. The molecule has 0 bridgehead atoms. The van der Waals surface area contributed by atoms with Gasteiger partial charge in [0.1, 0.15) is 17.6 Å². The highest BCUT2D eigenvalue weighted by Crippen LogP contribution is 2.24. The van der Waals surface area contributed by atoms with Crippen molar-refractivity contribution in [1.82, 2.24) is 4.90 Å². The molecule has 0 radical (unpaired) electrons. The number of morpholine rings is 1. The molecule has 1 aromatic heterocycles. The van der Waals surface area contributed by atoms with E-state index in [0.717, 1.165) is 50.6 Å². The number of halogens is 1. The minimum atomic E-state index is -0.197. The maximum absolute atomic E-state index is 12.0. The molecule has 0 aromatic carbocycles. The Bertz CT molecular complexity index is 353. The normalized spacial score (nSPS) is 21.3. The molecule has 1 aromatic rings. The largest absolute Gasteiger partial charge is 0.464 e. The van der Waals surface area contributed by atoms with E-state index in [2.05, 4.69) is 4.90 Å². The molecule has 3 nitrogen and oxygen atoms in total. The lowest BCUT2D eigenvalue weighted by Gasteiger charge is -2.31. The van der Waals surface area contributed by atoms with Crippen molar-refractivity contribution in [3.8, 4) is 0 Å². The molecule has 1 aliphatic rings. The van der Waals surface area contributed by atoms with Crippen LogP contribution in [0.1, 0.15) is 36.9 Å². The van der Waals surface area contributed by atoms with Gasteiger partial charge in [-0.25, -0.2) is 0 Å². The Hall–Kier alpha value is -0.870. The summed E-state index contributed by atoms with van der Waals surface area (Å²) in [6, 6.07) is 3.96. The van der Waals surface area contributed by atoms with Gasteiger partial charge in [-0.15, -0.1) is 0 Å². The van der Waals surface area contributed by atoms with Crippen molar-refractivity contribution in [2.45, 2.75) is 32.3 Å². The molecule has 0 saturated carbocycles. The fraction of sp³-hybridized carbons (Fsp3) is 0.714. The van der Waals surface area contributed by atoms with Gasteiger partial charge < -0.3 is 9.15 Å². The molecule has 1 aliphatic heterocycles. The molecule has 0 amide bonds. The van der Waals surface area contributed by atoms with E-state index < -0.39 is 0 Å².